The lowest BCUT2D eigenvalue weighted by atomic mass is 9.83. The molecule has 2 atom stereocenters. The molecule has 0 saturated heterocycles. The molecule has 0 amide bonds. The monoisotopic (exact) mass is 252 g/mol. The van der Waals surface area contributed by atoms with E-state index in [0.29, 0.717) is 0 Å². The minimum Gasteiger partial charge on any atom is -0.414 e. The molecule has 0 aromatic heterocycles. The van der Waals surface area contributed by atoms with Crippen molar-refractivity contribution in [3.05, 3.63) is 35.9 Å². The van der Waals surface area contributed by atoms with E-state index in [1.165, 1.54) is 0 Å². The van der Waals surface area contributed by atoms with Crippen molar-refractivity contribution in [3.8, 4) is 0 Å². The number of hydrogen-bond donors (Lipinski definition) is 1. The third kappa shape index (κ3) is 4.26. The molecule has 0 aliphatic heterocycles. The van der Waals surface area contributed by atoms with Gasteiger partial charge in [0.15, 0.2) is 9.04 Å². The minimum absolute atomic E-state index is 0.0630. The molecule has 1 aromatic rings. The second kappa shape index (κ2) is 5.80. The van der Waals surface area contributed by atoms with Crippen LogP contribution in [0.4, 0.5) is 0 Å². The lowest BCUT2D eigenvalue weighted by molar-refractivity contribution is -0.0299. The first-order valence-electron chi connectivity index (χ1n) is 6.21. The molecule has 1 rings (SSSR count). The highest BCUT2D eigenvalue weighted by atomic mass is 28.3. The Labute approximate surface area is 106 Å². The highest BCUT2D eigenvalue weighted by molar-refractivity contribution is 6.48. The summed E-state index contributed by atoms with van der Waals surface area (Å²) in [4.78, 5) is 0. The van der Waals surface area contributed by atoms with E-state index < -0.39 is 15.1 Å². The van der Waals surface area contributed by atoms with E-state index in [1.54, 1.807) is 0 Å². The SMILES string of the molecule is C[SiH](C)OC(C(O)c1ccccc1)C(C)(C)C. The van der Waals surface area contributed by atoms with E-state index in [4.69, 9.17) is 4.43 Å². The highest BCUT2D eigenvalue weighted by Crippen LogP contribution is 2.33. The van der Waals surface area contributed by atoms with Gasteiger partial charge in [0.25, 0.3) is 0 Å². The van der Waals surface area contributed by atoms with Gasteiger partial charge in [0.05, 0.1) is 6.10 Å². The van der Waals surface area contributed by atoms with Crippen molar-refractivity contribution in [2.45, 2.75) is 46.1 Å². The maximum Gasteiger partial charge on any atom is 0.171 e. The van der Waals surface area contributed by atoms with Crippen LogP contribution in [0.1, 0.15) is 32.4 Å². The van der Waals surface area contributed by atoms with Crippen LogP contribution < -0.4 is 0 Å². The molecule has 2 unspecified atom stereocenters. The molecular weight excluding hydrogens is 228 g/mol. The molecule has 0 saturated carbocycles. The second-order valence-electron chi connectivity index (χ2n) is 5.83. The Balaban J connectivity index is 2.91. The van der Waals surface area contributed by atoms with E-state index in [-0.39, 0.29) is 11.5 Å². The maximum atomic E-state index is 10.5. The van der Waals surface area contributed by atoms with Gasteiger partial charge in [-0.2, -0.15) is 0 Å². The zero-order valence-corrected chi connectivity index (χ0v) is 12.6. The number of aliphatic hydroxyl groups is 1. The molecule has 0 fully saturated rings. The summed E-state index contributed by atoms with van der Waals surface area (Å²) in [5, 5.41) is 10.5. The fourth-order valence-corrected chi connectivity index (χ4v) is 3.01. The standard InChI is InChI=1S/C14H24O2Si/c1-14(2,3)13(16-17(4)5)12(15)11-9-7-6-8-10-11/h6-10,12-13,15,17H,1-5H3. The van der Waals surface area contributed by atoms with Gasteiger partial charge in [0.2, 0.25) is 0 Å². The Kier molecular flexibility index (Phi) is 4.92. The maximum absolute atomic E-state index is 10.5. The zero-order valence-electron chi connectivity index (χ0n) is 11.5. The lowest BCUT2D eigenvalue weighted by Gasteiger charge is -2.36. The second-order valence-corrected chi connectivity index (χ2v) is 8.20. The van der Waals surface area contributed by atoms with Gasteiger partial charge in [0.1, 0.15) is 6.10 Å². The van der Waals surface area contributed by atoms with Crippen molar-refractivity contribution in [1.82, 2.24) is 0 Å². The van der Waals surface area contributed by atoms with Crippen molar-refractivity contribution >= 4 is 9.04 Å². The van der Waals surface area contributed by atoms with Crippen LogP contribution >= 0.6 is 0 Å². The fourth-order valence-electron chi connectivity index (χ4n) is 1.87. The molecule has 96 valence electrons. The molecule has 3 heteroatoms. The van der Waals surface area contributed by atoms with Crippen molar-refractivity contribution < 1.29 is 9.53 Å². The van der Waals surface area contributed by atoms with Gasteiger partial charge < -0.3 is 9.53 Å². The summed E-state index contributed by atoms with van der Waals surface area (Å²) >= 11 is 0. The van der Waals surface area contributed by atoms with Crippen LogP contribution in [0.15, 0.2) is 30.3 Å². The molecule has 0 spiro atoms. The Bertz CT molecular complexity index is 330. The predicted molar refractivity (Wildman–Crippen MR) is 74.6 cm³/mol. The molecule has 1 aromatic carbocycles. The van der Waals surface area contributed by atoms with E-state index in [1.807, 2.05) is 30.3 Å². The van der Waals surface area contributed by atoms with Gasteiger partial charge in [-0.3, -0.25) is 0 Å². The zero-order chi connectivity index (χ0) is 13.1. The van der Waals surface area contributed by atoms with Crippen LogP contribution in [0.3, 0.4) is 0 Å². The van der Waals surface area contributed by atoms with Crippen LogP contribution in [0.5, 0.6) is 0 Å². The first-order valence-corrected chi connectivity index (χ1v) is 8.99. The molecule has 0 radical (unpaired) electrons. The van der Waals surface area contributed by atoms with Crippen LogP contribution in [0.25, 0.3) is 0 Å². The fraction of sp³-hybridized carbons (Fsp3) is 0.571. The third-order valence-electron chi connectivity index (χ3n) is 2.70. The summed E-state index contributed by atoms with van der Waals surface area (Å²) in [5.41, 5.74) is 0.870. The molecule has 0 heterocycles. The topological polar surface area (TPSA) is 29.5 Å². The summed E-state index contributed by atoms with van der Waals surface area (Å²) in [6, 6.07) is 9.76. The average molecular weight is 252 g/mol. The molecule has 0 bridgehead atoms. The first kappa shape index (κ1) is 14.4. The molecule has 1 N–H and O–H groups in total. The summed E-state index contributed by atoms with van der Waals surface area (Å²) in [7, 11) is -1.17. The van der Waals surface area contributed by atoms with Gasteiger partial charge in [0, 0.05) is 0 Å². The summed E-state index contributed by atoms with van der Waals surface area (Å²) in [5.74, 6) is 0. The van der Waals surface area contributed by atoms with Gasteiger partial charge in [-0.25, -0.2) is 0 Å². The van der Waals surface area contributed by atoms with E-state index in [9.17, 15) is 5.11 Å². The number of benzene rings is 1. The van der Waals surface area contributed by atoms with E-state index >= 15 is 0 Å². The van der Waals surface area contributed by atoms with E-state index in [0.717, 1.165) is 5.56 Å². The Morgan fingerprint density at radius 2 is 1.65 bits per heavy atom. The molecular formula is C14H24O2Si. The molecule has 2 nitrogen and oxygen atoms in total. The normalized spacial score (nSPS) is 15.9. The van der Waals surface area contributed by atoms with Crippen molar-refractivity contribution in [1.29, 1.82) is 0 Å². The van der Waals surface area contributed by atoms with Gasteiger partial charge in [-0.15, -0.1) is 0 Å². The minimum atomic E-state index is -1.17. The lowest BCUT2D eigenvalue weighted by Crippen LogP contribution is -2.38. The van der Waals surface area contributed by atoms with E-state index in [2.05, 4.69) is 33.9 Å². The van der Waals surface area contributed by atoms with Crippen molar-refractivity contribution in [2.24, 2.45) is 5.41 Å². The van der Waals surface area contributed by atoms with Crippen LogP contribution in [-0.2, 0) is 4.43 Å². The van der Waals surface area contributed by atoms with Gasteiger partial charge in [-0.1, -0.05) is 51.1 Å². The number of aliphatic hydroxyl groups excluding tert-OH is 1. The van der Waals surface area contributed by atoms with Crippen LogP contribution in [0, 0.1) is 5.41 Å². The highest BCUT2D eigenvalue weighted by Gasteiger charge is 2.33. The molecule has 0 aliphatic rings. The Hall–Kier alpha value is -0.643. The van der Waals surface area contributed by atoms with Gasteiger partial charge >= 0.3 is 0 Å². The predicted octanol–water partition coefficient (Wildman–Crippen LogP) is 3.13. The third-order valence-corrected chi connectivity index (χ3v) is 3.54. The summed E-state index contributed by atoms with van der Waals surface area (Å²) in [6.45, 7) is 10.6. The smallest absolute Gasteiger partial charge is 0.171 e. The quantitative estimate of drug-likeness (QED) is 0.834. The largest absolute Gasteiger partial charge is 0.414 e. The molecule has 0 aliphatic carbocycles. The van der Waals surface area contributed by atoms with Crippen molar-refractivity contribution in [3.63, 3.8) is 0 Å². The summed E-state index contributed by atoms with van der Waals surface area (Å²) < 4.78 is 6.02. The van der Waals surface area contributed by atoms with Crippen LogP contribution in [0.2, 0.25) is 13.1 Å². The summed E-state index contributed by atoms with van der Waals surface area (Å²) in [6.07, 6.45) is -0.692. The first-order chi connectivity index (χ1) is 7.82. The van der Waals surface area contributed by atoms with Crippen LogP contribution in [-0.4, -0.2) is 20.3 Å². The Morgan fingerprint density at radius 3 is 2.06 bits per heavy atom. The number of hydrogen-bond acceptors (Lipinski definition) is 2. The Morgan fingerprint density at radius 1 is 1.12 bits per heavy atom. The molecule has 17 heavy (non-hydrogen) atoms. The van der Waals surface area contributed by atoms with Crippen molar-refractivity contribution in [2.75, 3.05) is 0 Å². The number of rotatable bonds is 4. The average Bonchev–Trinajstić information content (AvgIpc) is 2.24. The van der Waals surface area contributed by atoms with Gasteiger partial charge in [-0.05, 0) is 24.1 Å².